The van der Waals surface area contributed by atoms with Crippen molar-refractivity contribution in [2.75, 3.05) is 26.3 Å². The van der Waals surface area contributed by atoms with Gasteiger partial charge in [-0.3, -0.25) is 20.2 Å². The highest BCUT2D eigenvalue weighted by atomic mass is 32.1. The molecule has 1 saturated heterocycles. The van der Waals surface area contributed by atoms with Crippen molar-refractivity contribution in [1.29, 1.82) is 0 Å². The Bertz CT molecular complexity index is 441. The molecule has 2 rings (SSSR count). The summed E-state index contributed by atoms with van der Waals surface area (Å²) >= 11 is 5.07. The van der Waals surface area contributed by atoms with Gasteiger partial charge in [0.15, 0.2) is 5.11 Å². The van der Waals surface area contributed by atoms with E-state index >= 15 is 0 Å². The lowest BCUT2D eigenvalue weighted by Crippen LogP contribution is -2.52. The van der Waals surface area contributed by atoms with Crippen LogP contribution in [0.5, 0.6) is 0 Å². The number of aryl methyl sites for hydroxylation is 1. The Morgan fingerprint density at radius 1 is 1.50 bits per heavy atom. The molecule has 8 heteroatoms. The number of nitrogens with zero attached hydrogens (tertiary/aromatic N) is 3. The normalized spacial score (nSPS) is 16.3. The molecule has 1 aromatic heterocycles. The van der Waals surface area contributed by atoms with Crippen molar-refractivity contribution in [1.82, 2.24) is 25.5 Å². The predicted molar refractivity (Wildman–Crippen MR) is 68.8 cm³/mol. The number of hydrazine groups is 1. The fourth-order valence-electron chi connectivity index (χ4n) is 1.61. The third kappa shape index (κ3) is 3.25. The summed E-state index contributed by atoms with van der Waals surface area (Å²) < 4.78 is 6.71. The largest absolute Gasteiger partial charge is 0.379 e. The molecule has 1 aliphatic rings. The molecular weight excluding hydrogens is 254 g/mol. The van der Waals surface area contributed by atoms with Crippen molar-refractivity contribution in [3.05, 3.63) is 18.0 Å². The van der Waals surface area contributed by atoms with Gasteiger partial charge in [-0.2, -0.15) is 5.10 Å². The minimum atomic E-state index is -0.277. The van der Waals surface area contributed by atoms with Crippen LogP contribution in [0.4, 0.5) is 0 Å². The second-order valence-electron chi connectivity index (χ2n) is 3.83. The van der Waals surface area contributed by atoms with Crippen LogP contribution in [-0.4, -0.2) is 52.1 Å². The van der Waals surface area contributed by atoms with Crippen LogP contribution >= 0.6 is 12.2 Å². The molecule has 2 N–H and O–H groups in total. The van der Waals surface area contributed by atoms with Crippen LogP contribution in [0.25, 0.3) is 0 Å². The molecule has 2 heterocycles. The number of hydrogen-bond acceptors (Lipinski definition) is 5. The minimum Gasteiger partial charge on any atom is -0.379 e. The Morgan fingerprint density at radius 2 is 2.22 bits per heavy atom. The van der Waals surface area contributed by atoms with Gasteiger partial charge in [0, 0.05) is 26.3 Å². The third-order valence-electron chi connectivity index (χ3n) is 2.55. The van der Waals surface area contributed by atoms with Gasteiger partial charge in [-0.1, -0.05) is 0 Å². The number of morpholine rings is 1. The molecule has 0 aliphatic carbocycles. The Kier molecular flexibility index (Phi) is 4.24. The molecule has 1 aromatic rings. The number of nitrogens with one attached hydrogen (secondary N) is 2. The molecule has 18 heavy (non-hydrogen) atoms. The van der Waals surface area contributed by atoms with Crippen LogP contribution < -0.4 is 10.7 Å². The molecule has 0 saturated carbocycles. The highest BCUT2D eigenvalue weighted by Crippen LogP contribution is 1.96. The molecule has 0 aromatic carbocycles. The summed E-state index contributed by atoms with van der Waals surface area (Å²) in [6.45, 7) is 2.79. The van der Waals surface area contributed by atoms with Gasteiger partial charge in [0.1, 0.15) is 5.69 Å². The van der Waals surface area contributed by atoms with Crippen molar-refractivity contribution < 1.29 is 9.53 Å². The lowest BCUT2D eigenvalue weighted by molar-refractivity contribution is 0.0247. The van der Waals surface area contributed by atoms with Crippen LogP contribution in [0, 0.1) is 0 Å². The van der Waals surface area contributed by atoms with Crippen molar-refractivity contribution in [3.63, 3.8) is 0 Å². The van der Waals surface area contributed by atoms with Crippen LogP contribution in [0.1, 0.15) is 10.5 Å². The minimum absolute atomic E-state index is 0.277. The Morgan fingerprint density at radius 3 is 2.83 bits per heavy atom. The first-order valence-electron chi connectivity index (χ1n) is 5.59. The zero-order valence-electron chi connectivity index (χ0n) is 10.0. The van der Waals surface area contributed by atoms with Crippen molar-refractivity contribution in [2.45, 2.75) is 0 Å². The Balaban J connectivity index is 1.84. The van der Waals surface area contributed by atoms with Gasteiger partial charge in [0.05, 0.1) is 13.2 Å². The first kappa shape index (κ1) is 12.9. The summed E-state index contributed by atoms with van der Waals surface area (Å²) in [6.07, 6.45) is 1.56. The van der Waals surface area contributed by atoms with Crippen molar-refractivity contribution in [2.24, 2.45) is 7.05 Å². The molecular formula is C10H15N5O2S. The highest BCUT2D eigenvalue weighted by Gasteiger charge is 2.14. The number of hydrogen-bond donors (Lipinski definition) is 2. The fourth-order valence-corrected chi connectivity index (χ4v) is 1.83. The maximum atomic E-state index is 11.8. The average molecular weight is 269 g/mol. The first-order chi connectivity index (χ1) is 8.66. The lowest BCUT2D eigenvalue weighted by Gasteiger charge is -2.27. The van der Waals surface area contributed by atoms with E-state index in [9.17, 15) is 4.79 Å². The molecule has 0 bridgehead atoms. The van der Waals surface area contributed by atoms with Gasteiger partial charge < -0.3 is 4.74 Å². The fraction of sp³-hybridized carbons (Fsp3) is 0.500. The summed E-state index contributed by atoms with van der Waals surface area (Å²) in [5.41, 5.74) is 3.41. The van der Waals surface area contributed by atoms with Gasteiger partial charge in [0.2, 0.25) is 0 Å². The van der Waals surface area contributed by atoms with Gasteiger partial charge in [-0.15, -0.1) is 0 Å². The van der Waals surface area contributed by atoms with Crippen molar-refractivity contribution >= 4 is 23.2 Å². The molecule has 1 aliphatic heterocycles. The molecule has 1 amide bonds. The van der Waals surface area contributed by atoms with Gasteiger partial charge in [0.25, 0.3) is 5.91 Å². The number of carbonyl (C=O) groups is 1. The molecule has 0 spiro atoms. The van der Waals surface area contributed by atoms with Gasteiger partial charge >= 0.3 is 0 Å². The van der Waals surface area contributed by atoms with Gasteiger partial charge in [-0.05, 0) is 18.3 Å². The summed E-state index contributed by atoms with van der Waals surface area (Å²) in [5, 5.41) is 8.73. The second kappa shape index (κ2) is 5.89. The van der Waals surface area contributed by atoms with Crippen LogP contribution in [-0.2, 0) is 11.8 Å². The van der Waals surface area contributed by atoms with E-state index in [0.717, 1.165) is 13.1 Å². The zero-order valence-corrected chi connectivity index (χ0v) is 10.9. The number of carbonyl (C=O) groups excluding carboxylic acids is 1. The number of rotatable bonds is 2. The summed E-state index contributed by atoms with van der Waals surface area (Å²) in [5.74, 6) is -0.277. The summed E-state index contributed by atoms with van der Waals surface area (Å²) in [6, 6.07) is 1.63. The van der Waals surface area contributed by atoms with Crippen molar-refractivity contribution in [3.8, 4) is 0 Å². The highest BCUT2D eigenvalue weighted by molar-refractivity contribution is 7.80. The SMILES string of the molecule is Cn1nccc1C(=O)NC(=S)NN1CCOCC1. The first-order valence-corrected chi connectivity index (χ1v) is 6.00. The summed E-state index contributed by atoms with van der Waals surface area (Å²) in [7, 11) is 1.70. The van der Waals surface area contributed by atoms with E-state index in [-0.39, 0.29) is 11.0 Å². The second-order valence-corrected chi connectivity index (χ2v) is 4.24. The van der Waals surface area contributed by atoms with E-state index in [1.807, 2.05) is 5.01 Å². The monoisotopic (exact) mass is 269 g/mol. The zero-order chi connectivity index (χ0) is 13.0. The number of aromatic nitrogens is 2. The molecule has 1 fully saturated rings. The molecule has 98 valence electrons. The maximum absolute atomic E-state index is 11.8. The van der Waals surface area contributed by atoms with E-state index < -0.39 is 0 Å². The molecule has 0 atom stereocenters. The number of thiocarbonyl (C=S) groups is 1. The predicted octanol–water partition coefficient (Wildman–Crippen LogP) is -0.728. The lowest BCUT2D eigenvalue weighted by atomic mass is 10.4. The molecule has 0 radical (unpaired) electrons. The maximum Gasteiger partial charge on any atom is 0.275 e. The standard InChI is InChI=1S/C10H15N5O2S/c1-14-8(2-3-11-14)9(16)12-10(18)13-15-4-6-17-7-5-15/h2-3H,4-7H2,1H3,(H2,12,13,16,18). The van der Waals surface area contributed by atoms with Crippen LogP contribution in [0.2, 0.25) is 0 Å². The summed E-state index contributed by atoms with van der Waals surface area (Å²) in [4.78, 5) is 11.8. The Labute approximate surface area is 110 Å². The number of ether oxygens (including phenoxy) is 1. The van der Waals surface area contributed by atoms with E-state index in [1.54, 1.807) is 19.3 Å². The smallest absolute Gasteiger partial charge is 0.275 e. The quantitative estimate of drug-likeness (QED) is 0.690. The number of amides is 1. The molecule has 7 nitrogen and oxygen atoms in total. The van der Waals surface area contributed by atoms with E-state index in [0.29, 0.717) is 18.9 Å². The van der Waals surface area contributed by atoms with E-state index in [1.165, 1.54) is 4.68 Å². The van der Waals surface area contributed by atoms with Gasteiger partial charge in [-0.25, -0.2) is 5.01 Å². The molecule has 0 unspecified atom stereocenters. The van der Waals surface area contributed by atoms with Crippen LogP contribution in [0.15, 0.2) is 12.3 Å². The average Bonchev–Trinajstić information content (AvgIpc) is 2.76. The van der Waals surface area contributed by atoms with E-state index in [2.05, 4.69) is 15.8 Å². The Hall–Kier alpha value is -1.51. The topological polar surface area (TPSA) is 71.4 Å². The van der Waals surface area contributed by atoms with E-state index in [4.69, 9.17) is 17.0 Å². The third-order valence-corrected chi connectivity index (χ3v) is 2.74. The van der Waals surface area contributed by atoms with Crippen LogP contribution in [0.3, 0.4) is 0 Å².